The molecule has 0 unspecified atom stereocenters. The van der Waals surface area contributed by atoms with Crippen LogP contribution in [0, 0.1) is 17.3 Å². The van der Waals surface area contributed by atoms with E-state index in [0.29, 0.717) is 11.4 Å². The molecule has 0 aromatic heterocycles. The van der Waals surface area contributed by atoms with Gasteiger partial charge in [0.2, 0.25) is 5.91 Å². The Kier molecular flexibility index (Phi) is 4.66. The van der Waals surface area contributed by atoms with Crippen molar-refractivity contribution in [3.8, 4) is 5.75 Å². The second-order valence-electron chi connectivity index (χ2n) is 6.06. The number of carbonyl (C=O) groups excluding carboxylic acids is 1. The van der Waals surface area contributed by atoms with E-state index < -0.39 is 28.5 Å². The molecule has 0 spiro atoms. The topological polar surface area (TPSA) is 38.3 Å². The molecule has 0 radical (unpaired) electrons. The van der Waals surface area contributed by atoms with Crippen LogP contribution in [0.25, 0.3) is 0 Å². The van der Waals surface area contributed by atoms with Gasteiger partial charge in [0.1, 0.15) is 10.8 Å². The zero-order valence-corrected chi connectivity index (χ0v) is 13.6. The molecule has 1 aliphatic carbocycles. The first kappa shape index (κ1) is 17.7. The van der Waals surface area contributed by atoms with Crippen LogP contribution in [-0.4, -0.2) is 19.2 Å². The molecule has 1 saturated carbocycles. The molecule has 1 amide bonds. The first-order valence-corrected chi connectivity index (χ1v) is 7.34. The lowest BCUT2D eigenvalue weighted by atomic mass is 10.1. The van der Waals surface area contributed by atoms with Crippen LogP contribution in [0.5, 0.6) is 5.75 Å². The van der Waals surface area contributed by atoms with Crippen LogP contribution >= 0.6 is 11.6 Å². The van der Waals surface area contributed by atoms with Gasteiger partial charge in [0.05, 0.1) is 13.0 Å². The van der Waals surface area contributed by atoms with Gasteiger partial charge in [-0.05, 0) is 23.5 Å². The molecular formula is C16H17ClF3NO2. The molecule has 2 rings (SSSR count). The normalized spacial score (nSPS) is 23.3. The SMILES string of the molecule is COc1cccc(NC(=O)[C@@H]2[C@H](/C=C(\Cl)C(F)(F)F)C2(C)C)c1. The van der Waals surface area contributed by atoms with Gasteiger partial charge in [-0.15, -0.1) is 0 Å². The van der Waals surface area contributed by atoms with Crippen molar-refractivity contribution in [2.24, 2.45) is 17.3 Å². The van der Waals surface area contributed by atoms with Gasteiger partial charge in [-0.25, -0.2) is 0 Å². The third-order valence-corrected chi connectivity index (χ3v) is 4.47. The van der Waals surface area contributed by atoms with Gasteiger partial charge < -0.3 is 10.1 Å². The van der Waals surface area contributed by atoms with Crippen molar-refractivity contribution in [3.05, 3.63) is 35.4 Å². The summed E-state index contributed by atoms with van der Waals surface area (Å²) in [5.74, 6) is -0.877. The van der Waals surface area contributed by atoms with E-state index in [-0.39, 0.29) is 5.91 Å². The molecule has 3 nitrogen and oxygen atoms in total. The Morgan fingerprint density at radius 3 is 2.61 bits per heavy atom. The average molecular weight is 348 g/mol. The van der Waals surface area contributed by atoms with Crippen LogP contribution in [0.3, 0.4) is 0 Å². The standard InChI is InChI=1S/C16H17ClF3NO2/c1-15(2)11(8-12(17)16(18,19)20)13(15)14(22)21-9-5-4-6-10(7-9)23-3/h4-8,11,13H,1-3H3,(H,21,22)/b12-8-/t11-,13-/m0/s1. The number of amides is 1. The molecular weight excluding hydrogens is 331 g/mol. The highest BCUT2D eigenvalue weighted by Crippen LogP contribution is 2.60. The number of methoxy groups -OCH3 is 1. The lowest BCUT2D eigenvalue weighted by molar-refractivity contribution is -0.118. The first-order valence-electron chi connectivity index (χ1n) is 6.97. The quantitative estimate of drug-likeness (QED) is 0.865. The molecule has 23 heavy (non-hydrogen) atoms. The van der Waals surface area contributed by atoms with Gasteiger partial charge in [0, 0.05) is 11.8 Å². The number of anilines is 1. The fourth-order valence-corrected chi connectivity index (χ4v) is 2.80. The average Bonchev–Trinajstić information content (AvgIpc) is 2.99. The number of benzene rings is 1. The summed E-state index contributed by atoms with van der Waals surface area (Å²) < 4.78 is 42.7. The smallest absolute Gasteiger partial charge is 0.426 e. The fraction of sp³-hybridized carbons (Fsp3) is 0.438. The van der Waals surface area contributed by atoms with E-state index in [1.54, 1.807) is 38.1 Å². The Bertz CT molecular complexity index is 640. The molecule has 0 bridgehead atoms. The number of hydrogen-bond acceptors (Lipinski definition) is 2. The zero-order valence-electron chi connectivity index (χ0n) is 12.9. The van der Waals surface area contributed by atoms with Gasteiger partial charge in [0.15, 0.2) is 0 Å². The largest absolute Gasteiger partial charge is 0.497 e. The second-order valence-corrected chi connectivity index (χ2v) is 6.47. The Hall–Kier alpha value is -1.69. The number of hydrogen-bond donors (Lipinski definition) is 1. The number of ether oxygens (including phenoxy) is 1. The summed E-state index contributed by atoms with van der Waals surface area (Å²) in [4.78, 5) is 12.3. The van der Waals surface area contributed by atoms with E-state index in [1.807, 2.05) is 0 Å². The third kappa shape index (κ3) is 3.80. The van der Waals surface area contributed by atoms with Crippen molar-refractivity contribution in [2.75, 3.05) is 12.4 Å². The minimum atomic E-state index is -4.59. The van der Waals surface area contributed by atoms with Crippen LogP contribution in [0.4, 0.5) is 18.9 Å². The molecule has 126 valence electrons. The number of rotatable bonds is 4. The highest BCUT2D eigenvalue weighted by atomic mass is 35.5. The lowest BCUT2D eigenvalue weighted by Gasteiger charge is -2.07. The fourth-order valence-electron chi connectivity index (χ4n) is 2.66. The summed E-state index contributed by atoms with van der Waals surface area (Å²) >= 11 is 5.28. The van der Waals surface area contributed by atoms with Crippen LogP contribution in [0.2, 0.25) is 0 Å². The van der Waals surface area contributed by atoms with Crippen molar-refractivity contribution in [1.82, 2.24) is 0 Å². The zero-order chi connectivity index (χ0) is 17.4. The van der Waals surface area contributed by atoms with Gasteiger partial charge >= 0.3 is 6.18 Å². The Labute approximate surface area is 137 Å². The Morgan fingerprint density at radius 2 is 2.04 bits per heavy atom. The summed E-state index contributed by atoms with van der Waals surface area (Å²) in [5, 5.41) is 1.52. The van der Waals surface area contributed by atoms with Gasteiger partial charge in [-0.2, -0.15) is 13.2 Å². The van der Waals surface area contributed by atoms with Crippen LogP contribution in [0.15, 0.2) is 35.4 Å². The summed E-state index contributed by atoms with van der Waals surface area (Å²) in [6.07, 6.45) is -3.66. The molecule has 0 saturated heterocycles. The minimum absolute atomic E-state index is 0.337. The number of halogens is 4. The van der Waals surface area contributed by atoms with Crippen molar-refractivity contribution < 1.29 is 22.7 Å². The van der Waals surface area contributed by atoms with Crippen molar-refractivity contribution in [1.29, 1.82) is 0 Å². The maximum Gasteiger partial charge on any atom is 0.426 e. The minimum Gasteiger partial charge on any atom is -0.497 e. The molecule has 1 aliphatic rings. The predicted molar refractivity (Wildman–Crippen MR) is 82.4 cm³/mol. The number of nitrogens with one attached hydrogen (secondary N) is 1. The van der Waals surface area contributed by atoms with Crippen LogP contribution in [0.1, 0.15) is 13.8 Å². The van der Waals surface area contributed by atoms with E-state index in [2.05, 4.69) is 5.32 Å². The Morgan fingerprint density at radius 1 is 1.39 bits per heavy atom. The van der Waals surface area contributed by atoms with Gasteiger partial charge in [-0.3, -0.25) is 4.79 Å². The van der Waals surface area contributed by atoms with Gasteiger partial charge in [0.25, 0.3) is 0 Å². The van der Waals surface area contributed by atoms with E-state index in [1.165, 1.54) is 7.11 Å². The van der Waals surface area contributed by atoms with E-state index in [0.717, 1.165) is 6.08 Å². The van der Waals surface area contributed by atoms with E-state index >= 15 is 0 Å². The molecule has 0 heterocycles. The van der Waals surface area contributed by atoms with E-state index in [9.17, 15) is 18.0 Å². The highest BCUT2D eigenvalue weighted by Gasteiger charge is 2.61. The second kappa shape index (κ2) is 6.07. The van der Waals surface area contributed by atoms with Crippen LogP contribution in [-0.2, 0) is 4.79 Å². The Balaban J connectivity index is 2.11. The van der Waals surface area contributed by atoms with Crippen LogP contribution < -0.4 is 10.1 Å². The summed E-state index contributed by atoms with van der Waals surface area (Å²) in [6, 6.07) is 6.76. The van der Waals surface area contributed by atoms with E-state index in [4.69, 9.17) is 16.3 Å². The highest BCUT2D eigenvalue weighted by molar-refractivity contribution is 6.30. The molecule has 1 N–H and O–H groups in total. The maximum absolute atomic E-state index is 12.5. The number of carbonyl (C=O) groups is 1. The molecule has 2 atom stereocenters. The molecule has 1 aromatic rings. The summed E-state index contributed by atoms with van der Waals surface area (Å²) in [5.41, 5.74) is -0.0457. The summed E-state index contributed by atoms with van der Waals surface area (Å²) in [6.45, 7) is 3.48. The lowest BCUT2D eigenvalue weighted by Crippen LogP contribution is -2.17. The monoisotopic (exact) mass is 347 g/mol. The predicted octanol–water partition coefficient (Wildman–Crippen LogP) is 4.59. The molecule has 1 fully saturated rings. The van der Waals surface area contributed by atoms with Crippen molar-refractivity contribution in [2.45, 2.75) is 20.0 Å². The third-order valence-electron chi connectivity index (χ3n) is 4.13. The molecule has 0 aliphatic heterocycles. The first-order chi connectivity index (χ1) is 10.6. The molecule has 7 heteroatoms. The van der Waals surface area contributed by atoms with Crippen molar-refractivity contribution in [3.63, 3.8) is 0 Å². The number of allylic oxidation sites excluding steroid dienone is 2. The molecule has 1 aromatic carbocycles. The van der Waals surface area contributed by atoms with Crippen molar-refractivity contribution >= 4 is 23.2 Å². The summed E-state index contributed by atoms with van der Waals surface area (Å²) in [7, 11) is 1.50. The number of alkyl halides is 3. The van der Waals surface area contributed by atoms with Gasteiger partial charge in [-0.1, -0.05) is 37.6 Å². The maximum atomic E-state index is 12.5.